The Balaban J connectivity index is 1.77. The standard InChI is InChI=1S/C14H16N4OS/c1-10-6-13(16-20-10)14(19)18-5-3-4-11(9-18)12-7-15-17(2)8-12/h4,6-8H,3,5,9H2,1-2H3. The smallest absolute Gasteiger partial charge is 0.273 e. The summed E-state index contributed by atoms with van der Waals surface area (Å²) < 4.78 is 5.99. The molecule has 0 bridgehead atoms. The molecule has 0 radical (unpaired) electrons. The van der Waals surface area contributed by atoms with E-state index in [1.165, 1.54) is 11.5 Å². The van der Waals surface area contributed by atoms with Gasteiger partial charge in [0.05, 0.1) is 6.20 Å². The van der Waals surface area contributed by atoms with E-state index in [4.69, 9.17) is 0 Å². The summed E-state index contributed by atoms with van der Waals surface area (Å²) in [4.78, 5) is 15.3. The fraction of sp³-hybridized carbons (Fsp3) is 0.357. The van der Waals surface area contributed by atoms with Gasteiger partial charge in [0.1, 0.15) is 5.69 Å². The highest BCUT2D eigenvalue weighted by Gasteiger charge is 2.22. The Morgan fingerprint density at radius 2 is 2.30 bits per heavy atom. The molecule has 0 saturated carbocycles. The zero-order valence-electron chi connectivity index (χ0n) is 11.5. The van der Waals surface area contributed by atoms with Gasteiger partial charge in [0.15, 0.2) is 0 Å². The molecule has 2 aromatic heterocycles. The van der Waals surface area contributed by atoms with E-state index in [9.17, 15) is 4.79 Å². The Morgan fingerprint density at radius 1 is 1.45 bits per heavy atom. The summed E-state index contributed by atoms with van der Waals surface area (Å²) in [6, 6.07) is 1.86. The summed E-state index contributed by atoms with van der Waals surface area (Å²) in [6.07, 6.45) is 6.88. The molecule has 3 heterocycles. The third-order valence-electron chi connectivity index (χ3n) is 3.36. The van der Waals surface area contributed by atoms with Crippen LogP contribution in [0.3, 0.4) is 0 Å². The third kappa shape index (κ3) is 2.51. The van der Waals surface area contributed by atoms with Crippen molar-refractivity contribution in [2.24, 2.45) is 7.05 Å². The van der Waals surface area contributed by atoms with Gasteiger partial charge in [-0.15, -0.1) is 0 Å². The quantitative estimate of drug-likeness (QED) is 0.850. The first kappa shape index (κ1) is 13.1. The van der Waals surface area contributed by atoms with Crippen molar-refractivity contribution in [1.29, 1.82) is 0 Å². The molecule has 5 nitrogen and oxygen atoms in total. The minimum Gasteiger partial charge on any atom is -0.333 e. The second-order valence-corrected chi connectivity index (χ2v) is 5.98. The molecule has 0 aromatic carbocycles. The summed E-state index contributed by atoms with van der Waals surface area (Å²) in [5.74, 6) is 0.0174. The van der Waals surface area contributed by atoms with E-state index in [1.54, 1.807) is 4.68 Å². The van der Waals surface area contributed by atoms with E-state index >= 15 is 0 Å². The molecule has 1 aliphatic rings. The summed E-state index contributed by atoms with van der Waals surface area (Å²) in [7, 11) is 1.90. The van der Waals surface area contributed by atoms with Crippen molar-refractivity contribution in [2.45, 2.75) is 13.3 Å². The normalized spacial score (nSPS) is 15.3. The highest BCUT2D eigenvalue weighted by Crippen LogP contribution is 2.22. The molecular weight excluding hydrogens is 272 g/mol. The van der Waals surface area contributed by atoms with E-state index in [1.807, 2.05) is 37.3 Å². The average Bonchev–Trinajstić information content (AvgIpc) is 3.07. The van der Waals surface area contributed by atoms with E-state index < -0.39 is 0 Å². The number of hydrogen-bond donors (Lipinski definition) is 0. The molecule has 0 N–H and O–H groups in total. The highest BCUT2D eigenvalue weighted by molar-refractivity contribution is 7.05. The van der Waals surface area contributed by atoms with Crippen LogP contribution >= 0.6 is 11.5 Å². The van der Waals surface area contributed by atoms with Crippen LogP contribution in [0.25, 0.3) is 5.57 Å². The monoisotopic (exact) mass is 288 g/mol. The van der Waals surface area contributed by atoms with Gasteiger partial charge in [0, 0.05) is 36.8 Å². The lowest BCUT2D eigenvalue weighted by Crippen LogP contribution is -2.35. The van der Waals surface area contributed by atoms with Gasteiger partial charge in [-0.05, 0) is 36.5 Å². The Morgan fingerprint density at radius 3 is 2.95 bits per heavy atom. The van der Waals surface area contributed by atoms with Crippen molar-refractivity contribution in [1.82, 2.24) is 19.1 Å². The lowest BCUT2D eigenvalue weighted by Gasteiger charge is -2.26. The van der Waals surface area contributed by atoms with Crippen molar-refractivity contribution in [3.8, 4) is 0 Å². The molecule has 0 unspecified atom stereocenters. The van der Waals surface area contributed by atoms with Crippen LogP contribution in [-0.4, -0.2) is 38.1 Å². The van der Waals surface area contributed by atoms with Crippen LogP contribution < -0.4 is 0 Å². The van der Waals surface area contributed by atoms with Gasteiger partial charge in [-0.3, -0.25) is 9.48 Å². The number of carbonyl (C=O) groups is 1. The van der Waals surface area contributed by atoms with Gasteiger partial charge in [-0.1, -0.05) is 6.08 Å². The van der Waals surface area contributed by atoms with E-state index in [2.05, 4.69) is 15.5 Å². The second kappa shape index (κ2) is 5.20. The third-order valence-corrected chi connectivity index (χ3v) is 4.05. The van der Waals surface area contributed by atoms with Crippen molar-refractivity contribution < 1.29 is 4.79 Å². The Labute approximate surface area is 121 Å². The van der Waals surface area contributed by atoms with Crippen LogP contribution in [0.5, 0.6) is 0 Å². The molecule has 0 saturated heterocycles. The van der Waals surface area contributed by atoms with Crippen molar-refractivity contribution in [2.75, 3.05) is 13.1 Å². The first-order chi connectivity index (χ1) is 9.63. The number of rotatable bonds is 2. The predicted molar refractivity (Wildman–Crippen MR) is 78.6 cm³/mol. The van der Waals surface area contributed by atoms with Gasteiger partial charge in [-0.25, -0.2) is 0 Å². The number of nitrogens with zero attached hydrogens (tertiary/aromatic N) is 4. The Kier molecular flexibility index (Phi) is 3.40. The maximum absolute atomic E-state index is 12.4. The van der Waals surface area contributed by atoms with Crippen molar-refractivity contribution in [3.63, 3.8) is 0 Å². The van der Waals surface area contributed by atoms with Crippen molar-refractivity contribution >= 4 is 23.0 Å². The molecule has 1 amide bonds. The molecule has 6 heteroatoms. The summed E-state index contributed by atoms with van der Waals surface area (Å²) in [5.41, 5.74) is 2.80. The minimum atomic E-state index is 0.0174. The van der Waals surface area contributed by atoms with Gasteiger partial charge in [0.25, 0.3) is 5.91 Å². The lowest BCUT2D eigenvalue weighted by molar-refractivity contribution is 0.0770. The maximum Gasteiger partial charge on any atom is 0.273 e. The lowest BCUT2D eigenvalue weighted by atomic mass is 10.0. The number of amides is 1. The van der Waals surface area contributed by atoms with Gasteiger partial charge in [0.2, 0.25) is 0 Å². The van der Waals surface area contributed by atoms with Gasteiger partial charge < -0.3 is 4.90 Å². The molecule has 0 fully saturated rings. The van der Waals surface area contributed by atoms with Crippen LogP contribution in [-0.2, 0) is 7.05 Å². The van der Waals surface area contributed by atoms with Crippen LogP contribution in [0.15, 0.2) is 24.5 Å². The fourth-order valence-corrected chi connectivity index (χ4v) is 2.88. The van der Waals surface area contributed by atoms with Gasteiger partial charge >= 0.3 is 0 Å². The first-order valence-corrected chi connectivity index (χ1v) is 7.31. The first-order valence-electron chi connectivity index (χ1n) is 6.54. The molecule has 20 heavy (non-hydrogen) atoms. The largest absolute Gasteiger partial charge is 0.333 e. The molecule has 0 atom stereocenters. The topological polar surface area (TPSA) is 51.0 Å². The summed E-state index contributed by atoms with van der Waals surface area (Å²) >= 11 is 1.37. The summed E-state index contributed by atoms with van der Waals surface area (Å²) in [5, 5.41) is 4.18. The van der Waals surface area contributed by atoms with E-state index in [0.717, 1.165) is 29.0 Å². The van der Waals surface area contributed by atoms with E-state index in [-0.39, 0.29) is 5.91 Å². The zero-order valence-corrected chi connectivity index (χ0v) is 12.4. The second-order valence-electron chi connectivity index (χ2n) is 4.97. The molecule has 0 aliphatic carbocycles. The Bertz CT molecular complexity index is 670. The number of aromatic nitrogens is 3. The molecule has 1 aliphatic heterocycles. The minimum absolute atomic E-state index is 0.0174. The zero-order chi connectivity index (χ0) is 14.1. The van der Waals surface area contributed by atoms with Crippen LogP contribution in [0.1, 0.15) is 27.3 Å². The highest BCUT2D eigenvalue weighted by atomic mass is 32.1. The van der Waals surface area contributed by atoms with Gasteiger partial charge in [-0.2, -0.15) is 9.47 Å². The van der Waals surface area contributed by atoms with Crippen LogP contribution in [0.4, 0.5) is 0 Å². The SMILES string of the molecule is Cc1cc(C(=O)N2CCC=C(c3cnn(C)c3)C2)ns1. The van der Waals surface area contributed by atoms with Crippen molar-refractivity contribution in [3.05, 3.63) is 40.7 Å². The molecule has 3 rings (SSSR count). The maximum atomic E-state index is 12.4. The average molecular weight is 288 g/mol. The number of carbonyl (C=O) groups excluding carboxylic acids is 1. The van der Waals surface area contributed by atoms with E-state index in [0.29, 0.717) is 12.2 Å². The molecular formula is C14H16N4OS. The fourth-order valence-electron chi connectivity index (χ4n) is 2.34. The van der Waals surface area contributed by atoms with Crippen LogP contribution in [0, 0.1) is 6.92 Å². The molecule has 2 aromatic rings. The summed E-state index contributed by atoms with van der Waals surface area (Å²) in [6.45, 7) is 3.34. The Hall–Kier alpha value is -1.95. The molecule has 104 valence electrons. The number of aryl methyl sites for hydroxylation is 2. The van der Waals surface area contributed by atoms with Crippen LogP contribution in [0.2, 0.25) is 0 Å². The number of hydrogen-bond acceptors (Lipinski definition) is 4. The predicted octanol–water partition coefficient (Wildman–Crippen LogP) is 2.11. The molecule has 0 spiro atoms.